The van der Waals surface area contributed by atoms with E-state index in [2.05, 4.69) is 15.3 Å². The van der Waals surface area contributed by atoms with Crippen LogP contribution < -0.4 is 21.7 Å². The van der Waals surface area contributed by atoms with Crippen LogP contribution in [0, 0.1) is 12.8 Å². The maximum atomic E-state index is 13.3. The van der Waals surface area contributed by atoms with Crippen molar-refractivity contribution >= 4 is 32.7 Å². The van der Waals surface area contributed by atoms with E-state index < -0.39 is 27.2 Å². The SMILES string of the molecule is Cc1ccc(NC(=O)c2cc(C(C)C)nc3c2c(=O)[nH]c(=O)n3CC(C)C)cc1S(N)(=O)=O. The van der Waals surface area contributed by atoms with Gasteiger partial charge in [0.05, 0.1) is 15.8 Å². The zero-order valence-electron chi connectivity index (χ0n) is 19.1. The van der Waals surface area contributed by atoms with Crippen molar-refractivity contribution in [1.82, 2.24) is 14.5 Å². The number of aromatic nitrogens is 3. The molecule has 2 heterocycles. The van der Waals surface area contributed by atoms with Crippen molar-refractivity contribution in [3.63, 3.8) is 0 Å². The molecule has 0 saturated carbocycles. The summed E-state index contributed by atoms with van der Waals surface area (Å²) in [6.45, 7) is 9.49. The minimum absolute atomic E-state index is 0.0177. The van der Waals surface area contributed by atoms with Crippen molar-refractivity contribution in [3.8, 4) is 0 Å². The Bertz CT molecular complexity index is 1470. The van der Waals surface area contributed by atoms with E-state index in [0.29, 0.717) is 17.8 Å². The summed E-state index contributed by atoms with van der Waals surface area (Å²) in [7, 11) is -3.99. The molecule has 0 radical (unpaired) electrons. The monoisotopic (exact) mass is 473 g/mol. The van der Waals surface area contributed by atoms with E-state index in [1.54, 1.807) is 6.92 Å². The Morgan fingerprint density at radius 2 is 1.85 bits per heavy atom. The van der Waals surface area contributed by atoms with E-state index in [1.165, 1.54) is 28.8 Å². The highest BCUT2D eigenvalue weighted by Gasteiger charge is 2.22. The molecular formula is C22H27N5O5S. The van der Waals surface area contributed by atoms with Gasteiger partial charge in [-0.1, -0.05) is 33.8 Å². The molecule has 33 heavy (non-hydrogen) atoms. The number of fused-ring (bicyclic) bond motifs is 1. The zero-order chi connectivity index (χ0) is 24.7. The molecule has 3 rings (SSSR count). The maximum Gasteiger partial charge on any atom is 0.330 e. The standard InChI is InChI=1S/C22H27N5O5S/c1-11(2)10-27-19-18(21(29)26-22(27)30)15(9-16(25-19)12(3)4)20(28)24-14-7-6-13(5)17(8-14)33(23,31)32/h6-9,11-12H,10H2,1-5H3,(H,24,28)(H2,23,31,32)(H,26,29,30). The Hall–Kier alpha value is -3.31. The predicted octanol–water partition coefficient (Wildman–Crippen LogP) is 2.07. The van der Waals surface area contributed by atoms with Crippen LogP contribution in [0.2, 0.25) is 0 Å². The van der Waals surface area contributed by atoms with Gasteiger partial charge in [0, 0.05) is 17.9 Å². The molecule has 1 amide bonds. The van der Waals surface area contributed by atoms with Gasteiger partial charge in [0.1, 0.15) is 0 Å². The lowest BCUT2D eigenvalue weighted by atomic mass is 10.0. The number of anilines is 1. The van der Waals surface area contributed by atoms with E-state index in [9.17, 15) is 22.8 Å². The summed E-state index contributed by atoms with van der Waals surface area (Å²) in [5, 5.41) is 7.87. The van der Waals surface area contributed by atoms with Crippen molar-refractivity contribution in [2.75, 3.05) is 5.32 Å². The van der Waals surface area contributed by atoms with Crippen molar-refractivity contribution < 1.29 is 13.2 Å². The lowest BCUT2D eigenvalue weighted by Crippen LogP contribution is -2.33. The Kier molecular flexibility index (Phi) is 6.57. The number of nitrogens with zero attached hydrogens (tertiary/aromatic N) is 2. The number of carbonyl (C=O) groups excluding carboxylic acids is 1. The molecular weight excluding hydrogens is 446 g/mol. The summed E-state index contributed by atoms with van der Waals surface area (Å²) in [5.74, 6) is -0.646. The van der Waals surface area contributed by atoms with Gasteiger partial charge in [0.2, 0.25) is 10.0 Å². The summed E-state index contributed by atoms with van der Waals surface area (Å²) < 4.78 is 25.0. The average Bonchev–Trinajstić information content (AvgIpc) is 2.70. The van der Waals surface area contributed by atoms with Crippen molar-refractivity contribution in [3.05, 3.63) is 61.9 Å². The van der Waals surface area contributed by atoms with Crippen LogP contribution in [0.15, 0.2) is 38.8 Å². The third-order valence-corrected chi connectivity index (χ3v) is 6.16. The summed E-state index contributed by atoms with van der Waals surface area (Å²) in [6, 6.07) is 5.82. The largest absolute Gasteiger partial charge is 0.330 e. The first kappa shape index (κ1) is 24.3. The molecule has 3 aromatic rings. The summed E-state index contributed by atoms with van der Waals surface area (Å²) in [6.07, 6.45) is 0. The fourth-order valence-corrected chi connectivity index (χ4v) is 4.29. The summed E-state index contributed by atoms with van der Waals surface area (Å²) in [4.78, 5) is 45.2. The lowest BCUT2D eigenvalue weighted by Gasteiger charge is -2.16. The number of hydrogen-bond donors (Lipinski definition) is 3. The van der Waals surface area contributed by atoms with Crippen LogP contribution in [0.4, 0.5) is 5.69 Å². The van der Waals surface area contributed by atoms with Gasteiger partial charge in [0.15, 0.2) is 5.65 Å². The molecule has 0 unspecified atom stereocenters. The molecule has 10 nitrogen and oxygen atoms in total. The number of rotatable bonds is 6. The number of amides is 1. The van der Waals surface area contributed by atoms with Crippen molar-refractivity contribution in [1.29, 1.82) is 0 Å². The zero-order valence-corrected chi connectivity index (χ0v) is 19.9. The normalized spacial score (nSPS) is 12.0. The van der Waals surface area contributed by atoms with Crippen LogP contribution >= 0.6 is 0 Å². The highest BCUT2D eigenvalue weighted by Crippen LogP contribution is 2.23. The molecule has 0 spiro atoms. The van der Waals surface area contributed by atoms with Gasteiger partial charge >= 0.3 is 5.69 Å². The fourth-order valence-electron chi connectivity index (χ4n) is 3.49. The second-order valence-electron chi connectivity index (χ2n) is 8.69. The van der Waals surface area contributed by atoms with Gasteiger partial charge in [-0.15, -0.1) is 0 Å². The van der Waals surface area contributed by atoms with Crippen molar-refractivity contribution in [2.45, 2.75) is 52.0 Å². The molecule has 0 aliphatic heterocycles. The van der Waals surface area contributed by atoms with E-state index in [1.807, 2.05) is 27.7 Å². The molecule has 0 atom stereocenters. The van der Waals surface area contributed by atoms with Crippen molar-refractivity contribution in [2.24, 2.45) is 11.1 Å². The van der Waals surface area contributed by atoms with Crippen LogP contribution in [-0.2, 0) is 16.6 Å². The minimum Gasteiger partial charge on any atom is -0.322 e. The van der Waals surface area contributed by atoms with Gasteiger partial charge in [-0.25, -0.2) is 23.3 Å². The molecule has 0 aliphatic rings. The molecule has 0 saturated heterocycles. The number of benzene rings is 1. The number of primary sulfonamides is 1. The molecule has 0 aliphatic carbocycles. The molecule has 0 bridgehead atoms. The number of aryl methyl sites for hydroxylation is 1. The van der Waals surface area contributed by atoms with E-state index >= 15 is 0 Å². The van der Waals surface area contributed by atoms with Gasteiger partial charge in [-0.3, -0.25) is 19.1 Å². The van der Waals surface area contributed by atoms with Gasteiger partial charge < -0.3 is 5.32 Å². The smallest absolute Gasteiger partial charge is 0.322 e. The first-order valence-corrected chi connectivity index (χ1v) is 12.0. The number of H-pyrrole nitrogens is 1. The van der Waals surface area contributed by atoms with Crippen LogP contribution in [0.3, 0.4) is 0 Å². The first-order valence-electron chi connectivity index (χ1n) is 10.4. The Labute approximate surface area is 190 Å². The number of pyridine rings is 1. The highest BCUT2D eigenvalue weighted by molar-refractivity contribution is 7.89. The first-order chi connectivity index (χ1) is 15.3. The minimum atomic E-state index is -3.99. The molecule has 176 valence electrons. The summed E-state index contributed by atoms with van der Waals surface area (Å²) in [5.41, 5.74) is -0.0134. The molecule has 11 heteroatoms. The Morgan fingerprint density at radius 1 is 1.18 bits per heavy atom. The second kappa shape index (κ2) is 8.91. The number of aromatic amines is 1. The average molecular weight is 474 g/mol. The van der Waals surface area contributed by atoms with E-state index in [4.69, 9.17) is 5.14 Å². The highest BCUT2D eigenvalue weighted by atomic mass is 32.2. The van der Waals surface area contributed by atoms with Crippen LogP contribution in [-0.4, -0.2) is 28.9 Å². The molecule has 1 aromatic carbocycles. The third kappa shape index (κ3) is 5.04. The Morgan fingerprint density at radius 3 is 2.42 bits per heavy atom. The van der Waals surface area contributed by atoms with Crippen LogP contribution in [0.5, 0.6) is 0 Å². The van der Waals surface area contributed by atoms with Gasteiger partial charge in [-0.2, -0.15) is 0 Å². The molecule has 2 aromatic heterocycles. The van der Waals surface area contributed by atoms with E-state index in [0.717, 1.165) is 0 Å². The van der Waals surface area contributed by atoms with E-state index in [-0.39, 0.29) is 39.0 Å². The van der Waals surface area contributed by atoms with Gasteiger partial charge in [0.25, 0.3) is 11.5 Å². The quantitative estimate of drug-likeness (QED) is 0.497. The number of sulfonamides is 1. The van der Waals surface area contributed by atoms with Crippen LogP contribution in [0.25, 0.3) is 11.0 Å². The maximum absolute atomic E-state index is 13.3. The lowest BCUT2D eigenvalue weighted by molar-refractivity contribution is 0.102. The number of carbonyl (C=O) groups is 1. The summed E-state index contributed by atoms with van der Waals surface area (Å²) >= 11 is 0. The second-order valence-corrected chi connectivity index (χ2v) is 10.2. The number of hydrogen-bond acceptors (Lipinski definition) is 6. The van der Waals surface area contributed by atoms with Gasteiger partial charge in [-0.05, 0) is 42.5 Å². The molecule has 4 N–H and O–H groups in total. The fraction of sp³-hybridized carbons (Fsp3) is 0.364. The number of nitrogens with one attached hydrogen (secondary N) is 2. The molecule has 0 fully saturated rings. The predicted molar refractivity (Wildman–Crippen MR) is 126 cm³/mol. The topological polar surface area (TPSA) is 157 Å². The third-order valence-electron chi connectivity index (χ3n) is 5.10. The Balaban J connectivity index is 2.23. The van der Waals surface area contributed by atoms with Crippen LogP contribution in [0.1, 0.15) is 55.2 Å². The number of nitrogens with two attached hydrogens (primary N) is 1.